The zero-order valence-electron chi connectivity index (χ0n) is 66.6. The fourth-order valence-corrected chi connectivity index (χ4v) is 18.4. The Labute approximate surface area is 697 Å². The smallest absolute Gasteiger partial charge is 0.252 e. The molecule has 0 aliphatic carbocycles. The van der Waals surface area contributed by atoms with Gasteiger partial charge in [-0.05, 0) is 213 Å². The van der Waals surface area contributed by atoms with Crippen LogP contribution in [0.3, 0.4) is 0 Å². The van der Waals surface area contributed by atoms with Crippen LogP contribution in [0.15, 0.2) is 449 Å². The van der Waals surface area contributed by atoms with Gasteiger partial charge < -0.3 is 18.9 Å². The predicted octanol–water partition coefficient (Wildman–Crippen LogP) is 28.7. The van der Waals surface area contributed by atoms with Crippen LogP contribution in [0.5, 0.6) is 0 Å². The summed E-state index contributed by atoms with van der Waals surface area (Å²) >= 11 is 0. The second-order valence-corrected chi connectivity index (χ2v) is 32.3. The molecule has 2 aliphatic rings. The third-order valence-corrected chi connectivity index (χ3v) is 24.1. The van der Waals surface area contributed by atoms with Gasteiger partial charge in [-0.25, -0.2) is 0 Å². The number of nitrogens with zero attached hydrogens (tertiary/aromatic N) is 4. The van der Waals surface area contributed by atoms with E-state index in [0.29, 0.717) is 0 Å². The molecule has 21 rings (SSSR count). The highest BCUT2D eigenvalue weighted by Gasteiger charge is 2.47. The summed E-state index contributed by atoms with van der Waals surface area (Å²) in [4.78, 5) is 5.46. The minimum Gasteiger partial charge on any atom is -0.310 e. The van der Waals surface area contributed by atoms with Crippen LogP contribution < -0.4 is 26.2 Å². The SMILES string of the molecule is CC(C)(C)c1cc2c3c(c1)N(c1c(-c4ccccc4)cc(-c4ccccc4)cc1-c1cccc(-c4ccccc4)c1)c1cc(-n4c(-c5ccccc5)ccc4-c4ccccc4)ccc1B3c1ccc(-n3c(-c4ccccc4)ccc3-c3ccccc3)cc1N2c1c(-c2ccccc2)cc(-c2ccccc2)cc1-c1cccc(-c2ccccc2)c1. The maximum Gasteiger partial charge on any atom is 0.252 e. The number of rotatable bonds is 16. The van der Waals surface area contributed by atoms with E-state index in [4.69, 9.17) is 0 Å². The van der Waals surface area contributed by atoms with Crippen molar-refractivity contribution in [3.8, 4) is 145 Å². The van der Waals surface area contributed by atoms with Crippen molar-refractivity contribution < 1.29 is 0 Å². The standard InChI is InChI=1S/C114H83BN4/c1-114(2,3)94-74-109-111-110(75-94)119(113-98(83-46-24-9-25-47-83)71-93(81-42-20-7-21-43-81)73-100(113)91-59-35-57-89(69-91)79-38-16-5-17-39-79)108-77-96(117-105(86-52-30-12-31-53-86)66-67-106(117)87-54-32-13-33-55-87)61-63-102(108)115(111)101-62-60-95(116-103(84-48-26-10-27-49-84)64-65-104(116)85-50-28-11-29-51-85)76-107(101)118(109)112-97(82-44-22-8-23-45-82)70-92(80-40-18-6-19-41-80)72-99(112)90-58-34-56-88(68-90)78-36-14-4-15-37-78/h4-77H,1-3H3. The Morgan fingerprint density at radius 2 is 0.445 bits per heavy atom. The van der Waals surface area contributed by atoms with Crippen LogP contribution in [0.2, 0.25) is 0 Å². The first kappa shape index (κ1) is 71.7. The summed E-state index contributed by atoms with van der Waals surface area (Å²) in [7, 11) is 0. The zero-order valence-corrected chi connectivity index (χ0v) is 66.6. The maximum absolute atomic E-state index is 2.73. The molecule has 19 aromatic rings. The molecule has 0 saturated heterocycles. The van der Waals surface area contributed by atoms with Crippen LogP contribution in [0.1, 0.15) is 26.3 Å². The fourth-order valence-electron chi connectivity index (χ4n) is 18.4. The minimum atomic E-state index is -0.415. The molecule has 0 unspecified atom stereocenters. The lowest BCUT2D eigenvalue weighted by atomic mass is 9.33. The van der Waals surface area contributed by atoms with Gasteiger partial charge in [-0.3, -0.25) is 0 Å². The third-order valence-electron chi connectivity index (χ3n) is 24.1. The van der Waals surface area contributed by atoms with E-state index in [1.165, 1.54) is 22.0 Å². The lowest BCUT2D eigenvalue weighted by Gasteiger charge is -2.46. The molecule has 0 bridgehead atoms. The number of hydrogen-bond acceptors (Lipinski definition) is 2. The monoisotopic (exact) mass is 1520 g/mol. The van der Waals surface area contributed by atoms with Crippen LogP contribution in [-0.2, 0) is 5.41 Å². The summed E-state index contributed by atoms with van der Waals surface area (Å²) in [6, 6.07) is 168. The van der Waals surface area contributed by atoms with Crippen LogP contribution in [0.4, 0.5) is 34.1 Å². The quantitative estimate of drug-likeness (QED) is 0.0897. The summed E-state index contributed by atoms with van der Waals surface area (Å²) in [6.07, 6.45) is 0. The molecule has 17 aromatic carbocycles. The molecule has 2 aromatic heterocycles. The molecule has 4 nitrogen and oxygen atoms in total. The Morgan fingerprint density at radius 1 is 0.193 bits per heavy atom. The molecule has 0 fully saturated rings. The van der Waals surface area contributed by atoms with Crippen molar-refractivity contribution in [2.75, 3.05) is 9.80 Å². The molecule has 0 spiro atoms. The summed E-state index contributed by atoms with van der Waals surface area (Å²) < 4.78 is 5.01. The minimum absolute atomic E-state index is 0.337. The van der Waals surface area contributed by atoms with Crippen LogP contribution in [0.25, 0.3) is 145 Å². The zero-order chi connectivity index (χ0) is 79.5. The van der Waals surface area contributed by atoms with Gasteiger partial charge in [-0.1, -0.05) is 373 Å². The fraction of sp³-hybridized carbons (Fsp3) is 0.0351. The van der Waals surface area contributed by atoms with E-state index < -0.39 is 5.41 Å². The van der Waals surface area contributed by atoms with Gasteiger partial charge in [-0.2, -0.15) is 0 Å². The number of fused-ring (bicyclic) bond motifs is 4. The van der Waals surface area contributed by atoms with E-state index >= 15 is 0 Å². The highest BCUT2D eigenvalue weighted by molar-refractivity contribution is 7.00. The van der Waals surface area contributed by atoms with E-state index in [-0.39, 0.29) is 6.71 Å². The van der Waals surface area contributed by atoms with Crippen LogP contribution in [0, 0.1) is 0 Å². The van der Waals surface area contributed by atoms with Crippen molar-refractivity contribution >= 4 is 57.2 Å². The lowest BCUT2D eigenvalue weighted by Crippen LogP contribution is -2.61. The van der Waals surface area contributed by atoms with Crippen molar-refractivity contribution in [2.24, 2.45) is 0 Å². The predicted molar refractivity (Wildman–Crippen MR) is 503 cm³/mol. The Morgan fingerprint density at radius 3 is 0.739 bits per heavy atom. The Balaban J connectivity index is 0.946. The number of anilines is 6. The van der Waals surface area contributed by atoms with E-state index in [2.05, 4.69) is 489 Å². The Bertz CT molecular complexity index is 6430. The van der Waals surface area contributed by atoms with Gasteiger partial charge in [0.25, 0.3) is 6.71 Å². The lowest BCUT2D eigenvalue weighted by molar-refractivity contribution is 0.590. The first-order valence-corrected chi connectivity index (χ1v) is 41.3. The molecule has 0 radical (unpaired) electrons. The molecule has 0 saturated carbocycles. The highest BCUT2D eigenvalue weighted by atomic mass is 15.2. The van der Waals surface area contributed by atoms with E-state index in [0.717, 1.165) is 180 Å². The van der Waals surface area contributed by atoms with Gasteiger partial charge in [0.05, 0.1) is 34.2 Å². The molecule has 2 aliphatic heterocycles. The molecule has 4 heterocycles. The Hall–Kier alpha value is -15.0. The average Bonchev–Trinajstić information content (AvgIpc) is 0.938. The molecule has 562 valence electrons. The average molecular weight is 1520 g/mol. The molecule has 0 atom stereocenters. The van der Waals surface area contributed by atoms with Crippen molar-refractivity contribution in [3.05, 3.63) is 454 Å². The molecular formula is C114H83BN4. The van der Waals surface area contributed by atoms with E-state index in [1.807, 2.05) is 0 Å². The topological polar surface area (TPSA) is 16.3 Å². The van der Waals surface area contributed by atoms with E-state index in [1.54, 1.807) is 0 Å². The molecule has 119 heavy (non-hydrogen) atoms. The first-order chi connectivity index (χ1) is 58.7. The second kappa shape index (κ2) is 30.3. The largest absolute Gasteiger partial charge is 0.310 e. The van der Waals surface area contributed by atoms with Gasteiger partial charge in [0.2, 0.25) is 0 Å². The summed E-state index contributed by atoms with van der Waals surface area (Å²) in [5, 5.41) is 0. The van der Waals surface area contributed by atoms with Crippen molar-refractivity contribution in [3.63, 3.8) is 0 Å². The molecule has 0 N–H and O–H groups in total. The van der Waals surface area contributed by atoms with Gasteiger partial charge in [0, 0.05) is 56.4 Å². The summed E-state index contributed by atoms with van der Waals surface area (Å²) in [6.45, 7) is 6.86. The van der Waals surface area contributed by atoms with Gasteiger partial charge in [0.1, 0.15) is 0 Å². The second-order valence-electron chi connectivity index (χ2n) is 32.3. The van der Waals surface area contributed by atoms with Gasteiger partial charge in [-0.15, -0.1) is 0 Å². The van der Waals surface area contributed by atoms with Crippen molar-refractivity contribution in [2.45, 2.75) is 26.2 Å². The van der Waals surface area contributed by atoms with Crippen molar-refractivity contribution in [1.82, 2.24) is 9.13 Å². The van der Waals surface area contributed by atoms with Gasteiger partial charge in [0.15, 0.2) is 0 Å². The third kappa shape index (κ3) is 13.1. The van der Waals surface area contributed by atoms with Crippen LogP contribution >= 0.6 is 0 Å². The summed E-state index contributed by atoms with van der Waals surface area (Å²) in [5.74, 6) is 0. The van der Waals surface area contributed by atoms with Gasteiger partial charge >= 0.3 is 0 Å². The number of aromatic nitrogens is 2. The number of hydrogen-bond donors (Lipinski definition) is 0. The Kier molecular flexibility index (Phi) is 18.3. The summed E-state index contributed by atoms with van der Waals surface area (Å²) in [5.41, 5.74) is 39.7. The molecule has 0 amide bonds. The number of benzene rings is 17. The highest BCUT2D eigenvalue weighted by Crippen LogP contribution is 2.56. The van der Waals surface area contributed by atoms with Crippen molar-refractivity contribution in [1.29, 1.82) is 0 Å². The van der Waals surface area contributed by atoms with E-state index in [9.17, 15) is 0 Å². The maximum atomic E-state index is 2.73. The first-order valence-electron chi connectivity index (χ1n) is 41.3. The normalized spacial score (nSPS) is 12.1. The molecule has 5 heteroatoms. The van der Waals surface area contributed by atoms with Crippen LogP contribution in [-0.4, -0.2) is 15.8 Å². The molecular weight excluding hydrogens is 1440 g/mol.